The number of aromatic nitrogens is 3. The number of carbonyl (C=O) groups excluding carboxylic acids is 2. The Hall–Kier alpha value is -3.44. The highest BCUT2D eigenvalue weighted by Gasteiger charge is 2.49. The number of amides is 1. The van der Waals surface area contributed by atoms with Gasteiger partial charge in [-0.15, -0.1) is 0 Å². The molecule has 2 fully saturated rings. The molecule has 2 aliphatic rings. The van der Waals surface area contributed by atoms with Crippen molar-refractivity contribution in [1.82, 2.24) is 14.5 Å². The van der Waals surface area contributed by atoms with Crippen molar-refractivity contribution in [2.24, 2.45) is 11.8 Å². The summed E-state index contributed by atoms with van der Waals surface area (Å²) >= 11 is 0. The lowest BCUT2D eigenvalue weighted by Crippen LogP contribution is -2.24. The largest absolute Gasteiger partial charge is 0.490 e. The van der Waals surface area contributed by atoms with E-state index in [0.29, 0.717) is 37.1 Å². The standard InChI is InChI=1S/C29H38N4O6Si/c1-36-28-25(23(11-12-30-28)39-18-7-6-8-18)22-16-33(17-38-13-14-40(3,4)5)26-19(22)9-10-24(31-26)32-27(34)20-15-21(20)29(35)37-2/h9-12,16,18,20-21H,6-8,13-15,17H2,1-5H3,(H,31,32,34)/t20-,21-/m1/s1. The molecule has 11 heteroatoms. The smallest absolute Gasteiger partial charge is 0.309 e. The number of esters is 1. The summed E-state index contributed by atoms with van der Waals surface area (Å²) in [6.07, 6.45) is 7.56. The first-order valence-corrected chi connectivity index (χ1v) is 17.6. The summed E-state index contributed by atoms with van der Waals surface area (Å²) in [5.74, 6) is 0.204. The monoisotopic (exact) mass is 566 g/mol. The number of nitrogens with zero attached hydrogens (tertiary/aromatic N) is 3. The molecule has 2 saturated carbocycles. The Bertz CT molecular complexity index is 1400. The topological polar surface area (TPSA) is 114 Å². The van der Waals surface area contributed by atoms with Gasteiger partial charge in [0.05, 0.1) is 37.7 Å². The molecule has 5 rings (SSSR count). The minimum atomic E-state index is -1.25. The predicted molar refractivity (Wildman–Crippen MR) is 154 cm³/mol. The fourth-order valence-electron chi connectivity index (χ4n) is 4.78. The summed E-state index contributed by atoms with van der Waals surface area (Å²) in [5.41, 5.74) is 2.28. The van der Waals surface area contributed by atoms with Crippen LogP contribution in [0.1, 0.15) is 25.7 Å². The molecule has 0 radical (unpaired) electrons. The molecular weight excluding hydrogens is 528 g/mol. The summed E-state index contributed by atoms with van der Waals surface area (Å²) in [7, 11) is 1.69. The fourth-order valence-corrected chi connectivity index (χ4v) is 5.54. The van der Waals surface area contributed by atoms with Gasteiger partial charge in [-0.25, -0.2) is 9.97 Å². The number of pyridine rings is 2. The van der Waals surface area contributed by atoms with Gasteiger partial charge in [0.25, 0.3) is 0 Å². The second-order valence-corrected chi connectivity index (χ2v) is 17.4. The van der Waals surface area contributed by atoms with Gasteiger partial charge in [0.1, 0.15) is 23.9 Å². The van der Waals surface area contributed by atoms with E-state index in [1.54, 1.807) is 19.4 Å². The van der Waals surface area contributed by atoms with E-state index >= 15 is 0 Å². The van der Waals surface area contributed by atoms with Gasteiger partial charge in [0.15, 0.2) is 0 Å². The molecule has 1 amide bonds. The van der Waals surface area contributed by atoms with Crippen molar-refractivity contribution >= 4 is 36.8 Å². The molecule has 0 aliphatic heterocycles. The van der Waals surface area contributed by atoms with Gasteiger partial charge in [-0.1, -0.05) is 19.6 Å². The van der Waals surface area contributed by atoms with Crippen molar-refractivity contribution in [2.75, 3.05) is 26.1 Å². The molecule has 10 nitrogen and oxygen atoms in total. The van der Waals surface area contributed by atoms with Gasteiger partial charge in [-0.05, 0) is 49.9 Å². The molecule has 40 heavy (non-hydrogen) atoms. The zero-order valence-corrected chi connectivity index (χ0v) is 24.9. The SMILES string of the molecule is COC(=O)[C@@H]1C[C@H]1C(=O)Nc1ccc2c(-c3c(OC4CCC4)ccnc3OC)cn(COCC[Si](C)(C)C)c2n1. The van der Waals surface area contributed by atoms with E-state index in [2.05, 4.69) is 29.9 Å². The van der Waals surface area contributed by atoms with Crippen LogP contribution in [0.4, 0.5) is 5.82 Å². The van der Waals surface area contributed by atoms with Crippen LogP contribution in [0.5, 0.6) is 11.6 Å². The molecule has 3 heterocycles. The number of rotatable bonds is 12. The first kappa shape index (κ1) is 28.1. The van der Waals surface area contributed by atoms with E-state index in [4.69, 9.17) is 23.9 Å². The molecule has 0 unspecified atom stereocenters. The highest BCUT2D eigenvalue weighted by molar-refractivity contribution is 6.76. The Morgan fingerprint density at radius 2 is 1.93 bits per heavy atom. The molecule has 1 N–H and O–H groups in total. The van der Waals surface area contributed by atoms with Crippen LogP contribution in [0.15, 0.2) is 30.6 Å². The number of fused-ring (bicyclic) bond motifs is 1. The van der Waals surface area contributed by atoms with E-state index in [0.717, 1.165) is 47.6 Å². The van der Waals surface area contributed by atoms with Crippen molar-refractivity contribution in [3.05, 3.63) is 30.6 Å². The number of methoxy groups -OCH3 is 2. The van der Waals surface area contributed by atoms with E-state index in [1.165, 1.54) is 7.11 Å². The highest BCUT2D eigenvalue weighted by Crippen LogP contribution is 2.43. The molecule has 0 bridgehead atoms. The predicted octanol–water partition coefficient (Wildman–Crippen LogP) is 5.10. The quantitative estimate of drug-likeness (QED) is 0.183. The van der Waals surface area contributed by atoms with Gasteiger partial charge < -0.3 is 28.8 Å². The lowest BCUT2D eigenvalue weighted by molar-refractivity contribution is -0.143. The second kappa shape index (κ2) is 11.6. The average molecular weight is 567 g/mol. The van der Waals surface area contributed by atoms with Gasteiger partial charge in [0, 0.05) is 38.0 Å². The summed E-state index contributed by atoms with van der Waals surface area (Å²) < 4.78 is 24.8. The fraction of sp³-hybridized carbons (Fsp3) is 0.517. The Morgan fingerprint density at radius 1 is 1.12 bits per heavy atom. The van der Waals surface area contributed by atoms with Crippen LogP contribution in [0, 0.1) is 11.8 Å². The Balaban J connectivity index is 1.48. The third-order valence-electron chi connectivity index (χ3n) is 7.52. The lowest BCUT2D eigenvalue weighted by atomic mass is 9.96. The molecular formula is C29H38N4O6Si. The maximum atomic E-state index is 12.8. The summed E-state index contributed by atoms with van der Waals surface area (Å²) in [4.78, 5) is 33.9. The van der Waals surface area contributed by atoms with Crippen LogP contribution in [-0.4, -0.2) is 61.4 Å². The molecule has 214 valence electrons. The lowest BCUT2D eigenvalue weighted by Gasteiger charge is -2.27. The summed E-state index contributed by atoms with van der Waals surface area (Å²) in [5, 5.41) is 3.73. The normalized spacial score (nSPS) is 18.7. The molecule has 3 aromatic heterocycles. The van der Waals surface area contributed by atoms with Gasteiger partial charge in [0.2, 0.25) is 11.8 Å². The third-order valence-corrected chi connectivity index (χ3v) is 9.22. The van der Waals surface area contributed by atoms with E-state index < -0.39 is 19.9 Å². The van der Waals surface area contributed by atoms with Gasteiger partial charge in [-0.3, -0.25) is 9.59 Å². The van der Waals surface area contributed by atoms with Crippen molar-refractivity contribution < 1.29 is 28.5 Å². The Morgan fingerprint density at radius 3 is 2.60 bits per heavy atom. The van der Waals surface area contributed by atoms with Crippen molar-refractivity contribution in [1.29, 1.82) is 0 Å². The molecule has 0 spiro atoms. The maximum absolute atomic E-state index is 12.8. The zero-order chi connectivity index (χ0) is 28.4. The maximum Gasteiger partial charge on any atom is 0.309 e. The average Bonchev–Trinajstić information content (AvgIpc) is 3.64. The van der Waals surface area contributed by atoms with E-state index in [1.807, 2.05) is 22.9 Å². The van der Waals surface area contributed by atoms with Crippen LogP contribution < -0.4 is 14.8 Å². The molecule has 3 aromatic rings. The van der Waals surface area contributed by atoms with Crippen LogP contribution in [0.25, 0.3) is 22.2 Å². The number of nitrogens with one attached hydrogen (secondary N) is 1. The molecule has 2 aliphatic carbocycles. The number of carbonyl (C=O) groups is 2. The third kappa shape index (κ3) is 6.15. The Labute approximate surface area is 235 Å². The number of hydrogen-bond acceptors (Lipinski definition) is 8. The first-order valence-electron chi connectivity index (χ1n) is 13.8. The zero-order valence-electron chi connectivity index (χ0n) is 23.9. The van der Waals surface area contributed by atoms with Crippen LogP contribution >= 0.6 is 0 Å². The highest BCUT2D eigenvalue weighted by atomic mass is 28.3. The summed E-state index contributed by atoms with van der Waals surface area (Å²) in [6.45, 7) is 7.92. The van der Waals surface area contributed by atoms with Crippen molar-refractivity contribution in [3.8, 4) is 22.8 Å². The first-order chi connectivity index (χ1) is 19.2. The molecule has 0 saturated heterocycles. The van der Waals surface area contributed by atoms with Crippen LogP contribution in [0.2, 0.25) is 25.7 Å². The van der Waals surface area contributed by atoms with Gasteiger partial charge >= 0.3 is 5.97 Å². The van der Waals surface area contributed by atoms with Crippen LogP contribution in [0.3, 0.4) is 0 Å². The van der Waals surface area contributed by atoms with E-state index in [9.17, 15) is 9.59 Å². The van der Waals surface area contributed by atoms with Crippen molar-refractivity contribution in [2.45, 2.75) is 64.2 Å². The molecule has 0 aromatic carbocycles. The summed E-state index contributed by atoms with van der Waals surface area (Å²) in [6, 6.07) is 6.62. The van der Waals surface area contributed by atoms with Crippen LogP contribution in [-0.2, 0) is 25.8 Å². The van der Waals surface area contributed by atoms with E-state index in [-0.39, 0.29) is 18.0 Å². The molecule has 2 atom stereocenters. The Kier molecular flexibility index (Phi) is 8.13. The number of hydrogen-bond donors (Lipinski definition) is 1. The minimum absolute atomic E-state index is 0.181. The minimum Gasteiger partial charge on any atom is -0.490 e. The van der Waals surface area contributed by atoms with Crippen molar-refractivity contribution in [3.63, 3.8) is 0 Å². The number of anilines is 1. The van der Waals surface area contributed by atoms with Gasteiger partial charge in [-0.2, -0.15) is 0 Å². The number of ether oxygens (including phenoxy) is 4. The second-order valence-electron chi connectivity index (χ2n) is 11.8.